The molecule has 0 radical (unpaired) electrons. The van der Waals surface area contributed by atoms with Crippen LogP contribution in [-0.4, -0.2) is 28.3 Å². The zero-order chi connectivity index (χ0) is 22.9. The maximum absolute atomic E-state index is 13.2. The number of carbonyl (C=O) groups excluding carboxylic acids is 2. The van der Waals surface area contributed by atoms with Crippen LogP contribution in [0.15, 0.2) is 18.5 Å². The molecule has 1 atom stereocenters. The van der Waals surface area contributed by atoms with Crippen molar-refractivity contribution in [1.82, 2.24) is 10.3 Å². The number of thiophene rings is 1. The first-order chi connectivity index (χ1) is 16.0. The number of hydrogen-bond donors (Lipinski definition) is 3. The largest absolute Gasteiger partial charge is 0.352 e. The molecule has 2 heterocycles. The van der Waals surface area contributed by atoms with E-state index >= 15 is 0 Å². The van der Waals surface area contributed by atoms with E-state index in [0.717, 1.165) is 71.9 Å². The Bertz CT molecular complexity index is 1090. The van der Waals surface area contributed by atoms with Gasteiger partial charge < -0.3 is 16.0 Å². The molecule has 2 aromatic rings. The third-order valence-corrected chi connectivity index (χ3v) is 8.13. The smallest absolute Gasteiger partial charge is 0.254 e. The molecule has 2 fully saturated rings. The molecule has 3 aliphatic carbocycles. The summed E-state index contributed by atoms with van der Waals surface area (Å²) in [6.07, 6.45) is 11.4. The quantitative estimate of drug-likeness (QED) is 0.468. The Morgan fingerprint density at radius 1 is 1.12 bits per heavy atom. The highest BCUT2D eigenvalue weighted by Crippen LogP contribution is 2.42. The van der Waals surface area contributed by atoms with Gasteiger partial charge in [0.05, 0.1) is 22.4 Å². The molecule has 33 heavy (non-hydrogen) atoms. The van der Waals surface area contributed by atoms with Crippen molar-refractivity contribution in [2.75, 3.05) is 17.2 Å². The third kappa shape index (κ3) is 5.61. The Kier molecular flexibility index (Phi) is 6.47. The number of carbonyl (C=O) groups is 2. The lowest BCUT2D eigenvalue weighted by atomic mass is 9.84. The summed E-state index contributed by atoms with van der Waals surface area (Å²) >= 11 is 7.23. The minimum absolute atomic E-state index is 0.0438. The Hall–Kier alpha value is -2.32. The lowest BCUT2D eigenvalue weighted by Gasteiger charge is -2.23. The number of anilines is 2. The first-order valence-corrected chi connectivity index (χ1v) is 13.1. The van der Waals surface area contributed by atoms with Crippen LogP contribution in [0.4, 0.5) is 10.7 Å². The SMILES string of the molecule is Cc1cncc(NC(=S)C[C@@H]2CCc3sc(NC(=O)C4CC4)c(C(=O)NCC4CC4)c3C2)c1. The molecular weight excluding hydrogens is 452 g/mol. The van der Waals surface area contributed by atoms with Gasteiger partial charge in [0.25, 0.3) is 5.91 Å². The molecule has 2 saturated carbocycles. The standard InChI is InChI=1S/C25H30N4O2S2/c1-14-8-18(13-26-11-14)28-21(32)10-16-4-7-20-19(9-16)22(24(31)27-12-15-2-3-15)25(33-20)29-23(30)17-5-6-17/h8,11,13,15-17H,2-7,9-10,12H2,1H3,(H,27,31)(H,28,32)(H,29,30)/t16-/m1/s1. The van der Waals surface area contributed by atoms with E-state index in [1.807, 2.05) is 19.2 Å². The van der Waals surface area contributed by atoms with Gasteiger partial charge in [-0.05, 0) is 80.9 Å². The Morgan fingerprint density at radius 3 is 2.67 bits per heavy atom. The molecule has 0 bridgehead atoms. The molecule has 174 valence electrons. The fraction of sp³-hybridized carbons (Fsp3) is 0.520. The van der Waals surface area contributed by atoms with Gasteiger partial charge in [-0.15, -0.1) is 11.3 Å². The van der Waals surface area contributed by atoms with Crippen LogP contribution in [0.2, 0.25) is 0 Å². The van der Waals surface area contributed by atoms with Gasteiger partial charge in [0.15, 0.2) is 0 Å². The maximum Gasteiger partial charge on any atom is 0.254 e. The van der Waals surface area contributed by atoms with Crippen LogP contribution >= 0.6 is 23.6 Å². The maximum atomic E-state index is 13.2. The van der Waals surface area contributed by atoms with Crippen LogP contribution in [0.3, 0.4) is 0 Å². The summed E-state index contributed by atoms with van der Waals surface area (Å²) in [6.45, 7) is 2.73. The highest BCUT2D eigenvalue weighted by atomic mass is 32.1. The predicted molar refractivity (Wildman–Crippen MR) is 136 cm³/mol. The topological polar surface area (TPSA) is 83.1 Å². The Balaban J connectivity index is 1.30. The summed E-state index contributed by atoms with van der Waals surface area (Å²) < 4.78 is 0. The average Bonchev–Trinajstić information content (AvgIpc) is 3.69. The van der Waals surface area contributed by atoms with Crippen LogP contribution < -0.4 is 16.0 Å². The minimum Gasteiger partial charge on any atom is -0.352 e. The molecule has 3 aliphatic rings. The number of hydrogen-bond acceptors (Lipinski definition) is 5. The number of nitrogens with zero attached hydrogens (tertiary/aromatic N) is 1. The van der Waals surface area contributed by atoms with Gasteiger partial charge in [-0.1, -0.05) is 12.2 Å². The van der Waals surface area contributed by atoms with Crippen molar-refractivity contribution in [3.8, 4) is 0 Å². The van der Waals surface area contributed by atoms with Gasteiger partial charge in [-0.3, -0.25) is 14.6 Å². The van der Waals surface area contributed by atoms with Gasteiger partial charge in [-0.2, -0.15) is 0 Å². The van der Waals surface area contributed by atoms with Crippen molar-refractivity contribution >= 4 is 51.0 Å². The van der Waals surface area contributed by atoms with E-state index in [1.54, 1.807) is 17.5 Å². The number of amides is 2. The summed E-state index contributed by atoms with van der Waals surface area (Å²) in [7, 11) is 0. The second-order valence-electron chi connectivity index (χ2n) is 9.74. The molecule has 0 saturated heterocycles. The molecule has 0 spiro atoms. The molecule has 2 aromatic heterocycles. The molecular formula is C25H30N4O2S2. The van der Waals surface area contributed by atoms with E-state index in [2.05, 4.69) is 20.9 Å². The molecule has 0 aliphatic heterocycles. The molecule has 5 rings (SSSR count). The van der Waals surface area contributed by atoms with Gasteiger partial charge in [0.1, 0.15) is 5.00 Å². The summed E-state index contributed by atoms with van der Waals surface area (Å²) in [5, 5.41) is 10.3. The number of pyridine rings is 1. The van der Waals surface area contributed by atoms with Crippen molar-refractivity contribution in [1.29, 1.82) is 0 Å². The summed E-state index contributed by atoms with van der Waals surface area (Å²) in [4.78, 5) is 31.9. The van der Waals surface area contributed by atoms with Crippen molar-refractivity contribution in [3.63, 3.8) is 0 Å². The molecule has 6 nitrogen and oxygen atoms in total. The number of aromatic nitrogens is 1. The first kappa shape index (κ1) is 22.5. The molecule has 0 aromatic carbocycles. The van der Waals surface area contributed by atoms with Crippen molar-refractivity contribution < 1.29 is 9.59 Å². The molecule has 2 amide bonds. The van der Waals surface area contributed by atoms with Crippen molar-refractivity contribution in [3.05, 3.63) is 40.0 Å². The normalized spacial score (nSPS) is 19.5. The number of rotatable bonds is 8. The van der Waals surface area contributed by atoms with Gasteiger partial charge >= 0.3 is 0 Å². The van der Waals surface area contributed by atoms with Gasteiger partial charge in [0, 0.05) is 30.0 Å². The number of nitrogens with one attached hydrogen (secondary N) is 3. The molecule has 0 unspecified atom stereocenters. The van der Waals surface area contributed by atoms with Crippen LogP contribution in [-0.2, 0) is 17.6 Å². The minimum atomic E-state index is -0.0438. The first-order valence-electron chi connectivity index (χ1n) is 11.9. The molecule has 8 heteroatoms. The van der Waals surface area contributed by atoms with Crippen LogP contribution in [0.5, 0.6) is 0 Å². The number of thiocarbonyl (C=S) groups is 1. The van der Waals surface area contributed by atoms with Crippen LogP contribution in [0.1, 0.15) is 64.9 Å². The fourth-order valence-electron chi connectivity index (χ4n) is 4.46. The summed E-state index contributed by atoms with van der Waals surface area (Å²) in [5.74, 6) is 1.10. The van der Waals surface area contributed by atoms with E-state index in [0.29, 0.717) is 17.4 Å². The highest BCUT2D eigenvalue weighted by molar-refractivity contribution is 7.80. The third-order valence-electron chi connectivity index (χ3n) is 6.66. The highest BCUT2D eigenvalue weighted by Gasteiger charge is 2.34. The van der Waals surface area contributed by atoms with E-state index in [4.69, 9.17) is 12.2 Å². The zero-order valence-electron chi connectivity index (χ0n) is 18.9. The average molecular weight is 483 g/mol. The number of aryl methyl sites for hydroxylation is 2. The summed E-state index contributed by atoms with van der Waals surface area (Å²) in [5.41, 5.74) is 3.80. The van der Waals surface area contributed by atoms with Gasteiger partial charge in [-0.25, -0.2) is 0 Å². The van der Waals surface area contributed by atoms with Crippen LogP contribution in [0, 0.1) is 24.7 Å². The Labute approximate surface area is 204 Å². The van der Waals surface area contributed by atoms with Gasteiger partial charge in [0.2, 0.25) is 5.91 Å². The van der Waals surface area contributed by atoms with E-state index < -0.39 is 0 Å². The fourth-order valence-corrected chi connectivity index (χ4v) is 6.06. The molecule has 3 N–H and O–H groups in total. The second-order valence-corrected chi connectivity index (χ2v) is 11.3. The second kappa shape index (κ2) is 9.50. The monoisotopic (exact) mass is 482 g/mol. The lowest BCUT2D eigenvalue weighted by Crippen LogP contribution is -2.28. The van der Waals surface area contributed by atoms with Crippen LogP contribution in [0.25, 0.3) is 0 Å². The number of fused-ring (bicyclic) bond motifs is 1. The van der Waals surface area contributed by atoms with Crippen molar-refractivity contribution in [2.24, 2.45) is 17.8 Å². The van der Waals surface area contributed by atoms with E-state index in [9.17, 15) is 9.59 Å². The van der Waals surface area contributed by atoms with E-state index in [-0.39, 0.29) is 17.7 Å². The Morgan fingerprint density at radius 2 is 1.94 bits per heavy atom. The van der Waals surface area contributed by atoms with E-state index in [1.165, 1.54) is 17.7 Å². The predicted octanol–water partition coefficient (Wildman–Crippen LogP) is 4.87. The zero-order valence-corrected chi connectivity index (χ0v) is 20.5. The van der Waals surface area contributed by atoms with Crippen molar-refractivity contribution in [2.45, 2.75) is 58.3 Å². The lowest BCUT2D eigenvalue weighted by molar-refractivity contribution is -0.117. The summed E-state index contributed by atoms with van der Waals surface area (Å²) in [6, 6.07) is 2.04.